The Morgan fingerprint density at radius 3 is 0.667 bits per heavy atom. The number of hydrogen-bond donors (Lipinski definition) is 7. The van der Waals surface area contributed by atoms with Crippen LogP contribution >= 0.6 is 7.82 Å². The first-order valence-corrected chi connectivity index (χ1v) is 8.11. The van der Waals surface area contributed by atoms with Crippen LogP contribution in [0.2, 0.25) is 0 Å². The van der Waals surface area contributed by atoms with Gasteiger partial charge >= 0.3 is 66.9 Å². The molecule has 0 bridgehead atoms. The normalized spacial score (nSPS) is 11.7. The predicted molar refractivity (Wildman–Crippen MR) is 25.9 cm³/mol. The van der Waals surface area contributed by atoms with Gasteiger partial charge in [-0.3, -0.25) is 0 Å². The number of phosphoric acid groups is 1. The Labute approximate surface area is 86.4 Å². The van der Waals surface area contributed by atoms with E-state index in [4.69, 9.17) is 51.1 Å². The molecule has 0 saturated heterocycles. The average Bonchev–Trinajstić information content (AvgIpc) is 1.41. The van der Waals surface area contributed by atoms with Crippen molar-refractivity contribution in [1.29, 1.82) is 0 Å². The summed E-state index contributed by atoms with van der Waals surface area (Å²) in [6, 6.07) is 0. The van der Waals surface area contributed by atoms with Crippen LogP contribution in [-0.4, -0.2) is 31.3 Å². The Bertz CT molecular complexity index is 321. The molecular formula is H7Cr2O12P. The standard InChI is InChI=1S/2Cr.H3O4P.4H2O.4O/c;;1-5(2,3)4;;;;;;;;/h;;(H3,1,2,3,4);4*1H2;;;;/q2*+2;;;;;;;;;/p-4. The summed E-state index contributed by atoms with van der Waals surface area (Å²) in [5.41, 5.74) is 0. The number of rotatable bonds is 0. The van der Waals surface area contributed by atoms with Crippen LogP contribution in [0, 0.1) is 0 Å². The summed E-state index contributed by atoms with van der Waals surface area (Å²) < 4.78 is 72.6. The molecule has 12 nitrogen and oxygen atoms in total. The van der Waals surface area contributed by atoms with Gasteiger partial charge in [0.1, 0.15) is 0 Å². The van der Waals surface area contributed by atoms with Crippen molar-refractivity contribution in [2.75, 3.05) is 0 Å². The van der Waals surface area contributed by atoms with Crippen molar-refractivity contribution < 1.29 is 78.3 Å². The first kappa shape index (κ1) is 20.6. The van der Waals surface area contributed by atoms with E-state index in [0.717, 1.165) is 0 Å². The Hall–Kier alpha value is 0.215. The van der Waals surface area contributed by atoms with Gasteiger partial charge < -0.3 is 14.7 Å². The third kappa shape index (κ3) is 45900. The van der Waals surface area contributed by atoms with Gasteiger partial charge in [-0.2, -0.15) is 0 Å². The van der Waals surface area contributed by atoms with Gasteiger partial charge in [0.25, 0.3) is 0 Å². The van der Waals surface area contributed by atoms with Gasteiger partial charge in [-0.05, 0) is 0 Å². The van der Waals surface area contributed by atoms with Crippen molar-refractivity contribution in [2.45, 2.75) is 0 Å². The minimum atomic E-state index is -5.25. The molecule has 0 unspecified atom stereocenters. The maximum absolute atomic E-state index is 8.88. The zero-order valence-corrected chi connectivity index (χ0v) is 9.88. The Kier molecular flexibility index (Phi) is 10.3. The molecule has 0 amide bonds. The van der Waals surface area contributed by atoms with Crippen LogP contribution in [-0.2, 0) is 47.0 Å². The van der Waals surface area contributed by atoms with Crippen LogP contribution in [0.4, 0.5) is 0 Å². The molecule has 15 heteroatoms. The molecule has 0 aromatic rings. The van der Waals surface area contributed by atoms with E-state index in [2.05, 4.69) is 0 Å². The predicted octanol–water partition coefficient (Wildman–Crippen LogP) is -3.64. The monoisotopic (exact) mass is 334 g/mol. The molecule has 0 heterocycles. The average molecular weight is 334 g/mol. The molecular weight excluding hydrogens is 327 g/mol. The van der Waals surface area contributed by atoms with E-state index >= 15 is 0 Å². The van der Waals surface area contributed by atoms with Crippen LogP contribution in [0.3, 0.4) is 0 Å². The van der Waals surface area contributed by atoms with Crippen LogP contribution in [0.5, 0.6) is 0 Å². The summed E-state index contributed by atoms with van der Waals surface area (Å²) in [7, 11) is -4.64. The SMILES string of the molecule is O=P(O)(O)O.[O]=[Cr](=[O])([OH])[OH].[O]=[Cr](=[O])([OH])[OH]. The van der Waals surface area contributed by atoms with Gasteiger partial charge in [0, 0.05) is 0 Å². The van der Waals surface area contributed by atoms with Crippen LogP contribution in [0.25, 0.3) is 0 Å². The second kappa shape index (κ2) is 7.48. The van der Waals surface area contributed by atoms with Crippen molar-refractivity contribution in [3.05, 3.63) is 0 Å². The molecule has 0 spiro atoms. The molecule has 0 rings (SSSR count). The zero-order valence-electron chi connectivity index (χ0n) is 6.44. The molecule has 0 aliphatic rings. The number of hydrogen-bond acceptors (Lipinski definition) is 5. The van der Waals surface area contributed by atoms with E-state index in [-0.39, 0.29) is 0 Å². The third-order valence-electron chi connectivity index (χ3n) is 0. The Morgan fingerprint density at radius 2 is 0.667 bits per heavy atom. The molecule has 0 aliphatic carbocycles. The fourth-order valence-electron chi connectivity index (χ4n) is 0. The molecule has 0 aliphatic heterocycles. The van der Waals surface area contributed by atoms with E-state index in [0.29, 0.717) is 0 Å². The molecule has 15 heavy (non-hydrogen) atoms. The van der Waals surface area contributed by atoms with Crippen LogP contribution < -0.4 is 0 Å². The summed E-state index contributed by atoms with van der Waals surface area (Å²) in [6.07, 6.45) is 0. The van der Waals surface area contributed by atoms with Gasteiger partial charge in [0.05, 0.1) is 0 Å². The molecule has 96 valence electrons. The summed E-state index contributed by atoms with van der Waals surface area (Å²) in [5, 5.41) is 0. The summed E-state index contributed by atoms with van der Waals surface area (Å²) in [6.45, 7) is 0. The zero-order chi connectivity index (χ0) is 13.5. The maximum atomic E-state index is 8.88. The van der Waals surface area contributed by atoms with Gasteiger partial charge in [-0.15, -0.1) is 0 Å². The fourth-order valence-corrected chi connectivity index (χ4v) is 0. The summed E-state index contributed by atoms with van der Waals surface area (Å²) >= 11 is -10.5. The van der Waals surface area contributed by atoms with E-state index in [9.17, 15) is 0 Å². The van der Waals surface area contributed by atoms with E-state index in [1.54, 1.807) is 0 Å². The molecule has 0 saturated carbocycles. The molecule has 0 aromatic heterocycles. The summed E-state index contributed by atoms with van der Waals surface area (Å²) in [4.78, 5) is 21.6. The third-order valence-corrected chi connectivity index (χ3v) is 0. The quantitative estimate of drug-likeness (QED) is 0.213. The second-order valence-electron chi connectivity index (χ2n) is 1.41. The fraction of sp³-hybridized carbons (Fsp3) is 0. The van der Waals surface area contributed by atoms with Crippen LogP contribution in [0.1, 0.15) is 0 Å². The Balaban J connectivity index is -0.000000144. The molecule has 0 aromatic carbocycles. The van der Waals surface area contributed by atoms with Crippen molar-refractivity contribution in [1.82, 2.24) is 0 Å². The Morgan fingerprint density at radius 1 is 0.667 bits per heavy atom. The van der Waals surface area contributed by atoms with Gasteiger partial charge in [-0.1, -0.05) is 0 Å². The second-order valence-corrected chi connectivity index (χ2v) is 5.23. The molecule has 0 atom stereocenters. The van der Waals surface area contributed by atoms with Crippen molar-refractivity contribution in [3.63, 3.8) is 0 Å². The molecule has 0 radical (unpaired) electrons. The van der Waals surface area contributed by atoms with E-state index < -0.39 is 35.1 Å². The first-order chi connectivity index (χ1) is 6.00. The van der Waals surface area contributed by atoms with E-state index in [1.165, 1.54) is 0 Å². The summed E-state index contributed by atoms with van der Waals surface area (Å²) in [5.74, 6) is 0. The van der Waals surface area contributed by atoms with Gasteiger partial charge in [0.2, 0.25) is 0 Å². The van der Waals surface area contributed by atoms with Crippen LogP contribution in [0.15, 0.2) is 0 Å². The van der Waals surface area contributed by atoms with Crippen molar-refractivity contribution in [3.8, 4) is 0 Å². The van der Waals surface area contributed by atoms with Crippen molar-refractivity contribution in [2.24, 2.45) is 0 Å². The van der Waals surface area contributed by atoms with Gasteiger partial charge in [-0.25, -0.2) is 4.57 Å². The molecule has 7 N–H and O–H groups in total. The first-order valence-electron chi connectivity index (χ1n) is 2.18. The van der Waals surface area contributed by atoms with Crippen molar-refractivity contribution >= 4 is 7.82 Å². The minimum absolute atomic E-state index is 4.64. The topological polar surface area (TPSA) is 227 Å². The van der Waals surface area contributed by atoms with Gasteiger partial charge in [0.15, 0.2) is 0 Å². The molecule has 0 fully saturated rings. The van der Waals surface area contributed by atoms with E-state index in [1.807, 2.05) is 0 Å².